The highest BCUT2D eigenvalue weighted by Gasteiger charge is 2.59. The third-order valence-electron chi connectivity index (χ3n) is 13.7. The molecule has 0 spiro atoms. The molecule has 4 aromatic rings. The first-order valence-electron chi connectivity index (χ1n) is 21.9. The van der Waals surface area contributed by atoms with Gasteiger partial charge in [0.25, 0.3) is 0 Å². The van der Waals surface area contributed by atoms with E-state index in [1.165, 1.54) is 22.3 Å². The molecule has 320 valence electrons. The van der Waals surface area contributed by atoms with Crippen LogP contribution < -0.4 is 0 Å². The molecule has 10 heteroatoms. The normalized spacial score (nSPS) is 22.8. The summed E-state index contributed by atoms with van der Waals surface area (Å²) in [6.45, 7) is 12.9. The van der Waals surface area contributed by atoms with Crippen LogP contribution in [0.3, 0.4) is 0 Å². The monoisotopic (exact) mass is 816 g/mol. The van der Waals surface area contributed by atoms with Gasteiger partial charge in [-0.15, -0.1) is 0 Å². The van der Waals surface area contributed by atoms with Crippen LogP contribution in [0.4, 0.5) is 0 Å². The summed E-state index contributed by atoms with van der Waals surface area (Å²) in [7, 11) is 0. The molecular weight excluding hydrogens is 753 g/mol. The van der Waals surface area contributed by atoms with E-state index in [0.29, 0.717) is 25.9 Å². The van der Waals surface area contributed by atoms with Crippen molar-refractivity contribution >= 4 is 11.9 Å². The molecular formula is C50H64N4O6. The zero-order chi connectivity index (χ0) is 42.1. The number of esters is 2. The van der Waals surface area contributed by atoms with Crippen LogP contribution in [0.2, 0.25) is 0 Å². The van der Waals surface area contributed by atoms with Crippen molar-refractivity contribution in [2.45, 2.75) is 57.9 Å². The van der Waals surface area contributed by atoms with Crippen LogP contribution in [-0.2, 0) is 19.1 Å². The molecule has 2 saturated heterocycles. The summed E-state index contributed by atoms with van der Waals surface area (Å²) in [5, 5.41) is 22.0. The van der Waals surface area contributed by atoms with E-state index < -0.39 is 40.9 Å². The molecule has 3 fully saturated rings. The molecule has 0 aromatic heterocycles. The van der Waals surface area contributed by atoms with Gasteiger partial charge in [-0.2, -0.15) is 0 Å². The number of piperazine rings is 2. The molecule has 3 aliphatic rings. The van der Waals surface area contributed by atoms with Gasteiger partial charge in [-0.05, 0) is 47.4 Å². The van der Waals surface area contributed by atoms with Gasteiger partial charge in [-0.3, -0.25) is 29.2 Å². The molecule has 7 rings (SSSR count). The molecule has 4 aromatic carbocycles. The Morgan fingerprint density at radius 3 is 1.28 bits per heavy atom. The van der Waals surface area contributed by atoms with Crippen LogP contribution in [-0.4, -0.2) is 133 Å². The van der Waals surface area contributed by atoms with Crippen LogP contribution in [0.1, 0.15) is 68.0 Å². The largest absolute Gasteiger partial charge is 0.463 e. The minimum Gasteiger partial charge on any atom is -0.463 e. The lowest BCUT2D eigenvalue weighted by atomic mass is 9.65. The second kappa shape index (κ2) is 20.0. The Bertz CT molecular complexity index is 1860. The van der Waals surface area contributed by atoms with Gasteiger partial charge >= 0.3 is 11.9 Å². The van der Waals surface area contributed by atoms with Crippen LogP contribution in [0.25, 0.3) is 0 Å². The van der Waals surface area contributed by atoms with Crippen molar-refractivity contribution in [1.29, 1.82) is 0 Å². The summed E-state index contributed by atoms with van der Waals surface area (Å²) in [4.78, 5) is 36.7. The van der Waals surface area contributed by atoms with Crippen LogP contribution >= 0.6 is 0 Å². The van der Waals surface area contributed by atoms with E-state index in [1.807, 2.05) is 45.0 Å². The quantitative estimate of drug-likeness (QED) is 0.130. The van der Waals surface area contributed by atoms with Crippen molar-refractivity contribution in [3.05, 3.63) is 144 Å². The van der Waals surface area contributed by atoms with E-state index in [1.54, 1.807) is 0 Å². The topological polar surface area (TPSA) is 106 Å². The molecule has 1 saturated carbocycles. The standard InChI is InChI=1S/C50H64N4O6/c1-49(2)44(47(57)59-36-42(55)34-51-26-30-53(31-27-51)45(38-16-8-4-9-17-38)39-18-10-5-11-19-39)24-25-50(49,3)48(58)60-37-43(56)35-52-28-32-54(33-29-52)46(40-20-12-6-13-21-40)41-22-14-7-15-23-41/h4-23,42-46,55-56H,24-37H2,1-3H3/t42-,43-,44+,50-/m1/s1. The molecule has 2 heterocycles. The number of rotatable bonds is 16. The molecule has 2 aliphatic heterocycles. The Morgan fingerprint density at radius 2 is 0.917 bits per heavy atom. The van der Waals surface area contributed by atoms with Gasteiger partial charge in [0, 0.05) is 65.4 Å². The summed E-state index contributed by atoms with van der Waals surface area (Å²) >= 11 is 0. The highest BCUT2D eigenvalue weighted by molar-refractivity contribution is 5.82. The maximum absolute atomic E-state index is 13.7. The van der Waals surface area contributed by atoms with Gasteiger partial charge in [-0.25, -0.2) is 0 Å². The van der Waals surface area contributed by atoms with Crippen molar-refractivity contribution in [2.75, 3.05) is 78.7 Å². The Kier molecular flexibility index (Phi) is 14.5. The van der Waals surface area contributed by atoms with Crippen molar-refractivity contribution in [3.63, 3.8) is 0 Å². The second-order valence-corrected chi connectivity index (χ2v) is 17.8. The van der Waals surface area contributed by atoms with Gasteiger partial charge in [0.05, 0.1) is 23.4 Å². The van der Waals surface area contributed by atoms with Crippen molar-refractivity contribution in [2.24, 2.45) is 16.7 Å². The number of nitrogens with zero attached hydrogens (tertiary/aromatic N) is 4. The summed E-state index contributed by atoms with van der Waals surface area (Å²) in [5.74, 6) is -1.31. The number of ether oxygens (including phenoxy) is 2. The lowest BCUT2D eigenvalue weighted by Crippen LogP contribution is -2.50. The van der Waals surface area contributed by atoms with Crippen molar-refractivity contribution < 1.29 is 29.3 Å². The number of β-amino-alcohol motifs (C(OH)–C–C–N with tert-alkyl or cyclic N) is 2. The van der Waals surface area contributed by atoms with Crippen molar-refractivity contribution in [3.8, 4) is 0 Å². The zero-order valence-electron chi connectivity index (χ0n) is 35.6. The van der Waals surface area contributed by atoms with Crippen LogP contribution in [0.5, 0.6) is 0 Å². The van der Waals surface area contributed by atoms with Crippen molar-refractivity contribution in [1.82, 2.24) is 19.6 Å². The Morgan fingerprint density at radius 1 is 0.567 bits per heavy atom. The fraction of sp³-hybridized carbons (Fsp3) is 0.480. The van der Waals surface area contributed by atoms with Crippen LogP contribution in [0, 0.1) is 16.7 Å². The summed E-state index contributed by atoms with van der Waals surface area (Å²) < 4.78 is 11.5. The lowest BCUT2D eigenvalue weighted by Gasteiger charge is -2.40. The third-order valence-corrected chi connectivity index (χ3v) is 13.7. The Hall–Kier alpha value is -4.42. The number of hydrogen-bond donors (Lipinski definition) is 2. The highest BCUT2D eigenvalue weighted by Crippen LogP contribution is 2.57. The van der Waals surface area contributed by atoms with Gasteiger partial charge in [0.1, 0.15) is 25.4 Å². The average Bonchev–Trinajstić information content (AvgIpc) is 3.53. The smallest absolute Gasteiger partial charge is 0.312 e. The number of carbonyl (C=O) groups excluding carboxylic acids is 2. The minimum absolute atomic E-state index is 0.0942. The molecule has 60 heavy (non-hydrogen) atoms. The van der Waals surface area contributed by atoms with Gasteiger partial charge in [-0.1, -0.05) is 135 Å². The predicted octanol–water partition coefficient (Wildman–Crippen LogP) is 6.05. The van der Waals surface area contributed by atoms with Crippen LogP contribution in [0.15, 0.2) is 121 Å². The number of benzene rings is 4. The van der Waals surface area contributed by atoms with Gasteiger partial charge < -0.3 is 19.7 Å². The molecule has 2 N–H and O–H groups in total. The fourth-order valence-electron chi connectivity index (χ4n) is 9.77. The maximum atomic E-state index is 13.7. The second-order valence-electron chi connectivity index (χ2n) is 17.8. The maximum Gasteiger partial charge on any atom is 0.312 e. The lowest BCUT2D eigenvalue weighted by molar-refractivity contribution is -0.168. The van der Waals surface area contributed by atoms with E-state index in [0.717, 1.165) is 52.4 Å². The summed E-state index contributed by atoms with van der Waals surface area (Å²) in [6.07, 6.45) is -0.689. The Labute approximate surface area is 356 Å². The first-order chi connectivity index (χ1) is 29.0. The molecule has 0 unspecified atom stereocenters. The number of carbonyl (C=O) groups is 2. The van der Waals surface area contributed by atoms with E-state index >= 15 is 0 Å². The van der Waals surface area contributed by atoms with Gasteiger partial charge in [0.2, 0.25) is 0 Å². The first kappa shape index (κ1) is 43.7. The first-order valence-corrected chi connectivity index (χ1v) is 21.9. The molecule has 0 radical (unpaired) electrons. The van der Waals surface area contributed by atoms with E-state index in [-0.39, 0.29) is 25.3 Å². The van der Waals surface area contributed by atoms with E-state index in [9.17, 15) is 19.8 Å². The molecule has 0 bridgehead atoms. The molecule has 4 atom stereocenters. The number of aliphatic hydroxyl groups excluding tert-OH is 2. The number of aliphatic hydroxyl groups is 2. The van der Waals surface area contributed by atoms with Gasteiger partial charge in [0.15, 0.2) is 0 Å². The molecule has 1 aliphatic carbocycles. The SMILES string of the molecule is CC1(C)[C@H](C(=O)OC[C@H](O)CN2CCN(C(c3ccccc3)c3ccccc3)CC2)CC[C@]1(C)C(=O)OC[C@H](O)CN1CCN(C(c2ccccc2)c2ccccc2)CC1. The van der Waals surface area contributed by atoms with E-state index in [4.69, 9.17) is 9.47 Å². The Balaban J connectivity index is 0.835. The number of hydrogen-bond acceptors (Lipinski definition) is 10. The highest BCUT2D eigenvalue weighted by atomic mass is 16.5. The minimum atomic E-state index is -0.929. The fourth-order valence-corrected chi connectivity index (χ4v) is 9.77. The third kappa shape index (κ3) is 10.2. The summed E-state index contributed by atoms with van der Waals surface area (Å²) in [5.41, 5.74) is 3.38. The zero-order valence-corrected chi connectivity index (χ0v) is 35.6. The molecule has 0 amide bonds. The molecule has 10 nitrogen and oxygen atoms in total. The van der Waals surface area contributed by atoms with E-state index in [2.05, 4.69) is 117 Å². The summed E-state index contributed by atoms with van der Waals surface area (Å²) in [6, 6.07) is 42.7. The average molecular weight is 817 g/mol. The predicted molar refractivity (Wildman–Crippen MR) is 234 cm³/mol.